The van der Waals surface area contributed by atoms with Gasteiger partial charge in [0.15, 0.2) is 0 Å². The van der Waals surface area contributed by atoms with Crippen LogP contribution in [0.15, 0.2) is 24.3 Å². The summed E-state index contributed by atoms with van der Waals surface area (Å²) in [7, 11) is 0. The normalized spacial score (nSPS) is 10.7. The molecule has 0 heterocycles. The van der Waals surface area contributed by atoms with E-state index in [1.54, 1.807) is 12.1 Å². The predicted molar refractivity (Wildman–Crippen MR) is 68.8 cm³/mol. The van der Waals surface area contributed by atoms with Crippen LogP contribution >= 0.6 is 23.2 Å². The quantitative estimate of drug-likeness (QED) is 0.822. The average molecular weight is 258 g/mol. The summed E-state index contributed by atoms with van der Waals surface area (Å²) >= 11 is 11.8. The van der Waals surface area contributed by atoms with Gasteiger partial charge in [-0.3, -0.25) is 4.79 Å². The fourth-order valence-electron chi connectivity index (χ4n) is 1.18. The lowest BCUT2D eigenvalue weighted by Gasteiger charge is -1.99. The van der Waals surface area contributed by atoms with Gasteiger partial charge in [0.05, 0.1) is 0 Å². The summed E-state index contributed by atoms with van der Waals surface area (Å²) in [5.41, 5.74) is 0.925. The first-order valence-electron chi connectivity index (χ1n) is 4.95. The SMILES string of the molecule is CC(=O)NCCC=Cc1ccc(Cl)cc1Cl. The first-order valence-corrected chi connectivity index (χ1v) is 5.71. The molecular formula is C12H13Cl2NO. The molecule has 0 aliphatic rings. The second kappa shape index (κ2) is 6.56. The van der Waals surface area contributed by atoms with E-state index < -0.39 is 0 Å². The highest BCUT2D eigenvalue weighted by Crippen LogP contribution is 2.21. The van der Waals surface area contributed by atoms with Crippen molar-refractivity contribution in [1.29, 1.82) is 0 Å². The lowest BCUT2D eigenvalue weighted by molar-refractivity contribution is -0.118. The summed E-state index contributed by atoms with van der Waals surface area (Å²) in [4.78, 5) is 10.6. The maximum absolute atomic E-state index is 10.6. The predicted octanol–water partition coefficient (Wildman–Crippen LogP) is 3.53. The molecule has 0 bridgehead atoms. The van der Waals surface area contributed by atoms with Gasteiger partial charge < -0.3 is 5.32 Å². The zero-order valence-electron chi connectivity index (χ0n) is 8.97. The van der Waals surface area contributed by atoms with E-state index in [0.29, 0.717) is 16.6 Å². The third-order valence-electron chi connectivity index (χ3n) is 1.94. The molecule has 1 aromatic carbocycles. The Labute approximate surface area is 105 Å². The van der Waals surface area contributed by atoms with Gasteiger partial charge in [-0.25, -0.2) is 0 Å². The molecule has 0 unspecified atom stereocenters. The molecular weight excluding hydrogens is 245 g/mol. The van der Waals surface area contributed by atoms with E-state index in [1.807, 2.05) is 18.2 Å². The van der Waals surface area contributed by atoms with Gasteiger partial charge in [-0.05, 0) is 24.1 Å². The van der Waals surface area contributed by atoms with Crippen LogP contribution in [-0.4, -0.2) is 12.5 Å². The number of nitrogens with one attached hydrogen (secondary N) is 1. The van der Waals surface area contributed by atoms with Crippen LogP contribution in [0.4, 0.5) is 0 Å². The van der Waals surface area contributed by atoms with Gasteiger partial charge in [0, 0.05) is 23.5 Å². The van der Waals surface area contributed by atoms with E-state index in [1.165, 1.54) is 6.92 Å². The van der Waals surface area contributed by atoms with Crippen molar-refractivity contribution in [3.63, 3.8) is 0 Å². The maximum atomic E-state index is 10.6. The average Bonchev–Trinajstić information content (AvgIpc) is 2.20. The standard InChI is InChI=1S/C12H13Cl2NO/c1-9(16)15-7-3-2-4-10-5-6-11(13)8-12(10)14/h2,4-6,8H,3,7H2,1H3,(H,15,16). The monoisotopic (exact) mass is 257 g/mol. The number of amides is 1. The number of halogens is 2. The lowest BCUT2D eigenvalue weighted by atomic mass is 10.2. The van der Waals surface area contributed by atoms with Gasteiger partial charge in [0.2, 0.25) is 5.91 Å². The molecule has 1 N–H and O–H groups in total. The number of rotatable bonds is 4. The van der Waals surface area contributed by atoms with Crippen LogP contribution in [0.1, 0.15) is 18.9 Å². The number of benzene rings is 1. The molecule has 1 aromatic rings. The molecule has 1 amide bonds. The highest BCUT2D eigenvalue weighted by atomic mass is 35.5. The molecule has 86 valence electrons. The summed E-state index contributed by atoms with van der Waals surface area (Å²) in [5.74, 6) is -0.0158. The molecule has 1 rings (SSSR count). The molecule has 16 heavy (non-hydrogen) atoms. The fourth-order valence-corrected chi connectivity index (χ4v) is 1.65. The van der Waals surface area contributed by atoms with Gasteiger partial charge in [-0.2, -0.15) is 0 Å². The van der Waals surface area contributed by atoms with E-state index in [-0.39, 0.29) is 5.91 Å². The molecule has 0 aliphatic carbocycles. The molecule has 0 aliphatic heterocycles. The van der Waals surface area contributed by atoms with Crippen LogP contribution < -0.4 is 5.32 Å². The Balaban J connectivity index is 2.47. The number of carbonyl (C=O) groups excluding carboxylic acids is 1. The largest absolute Gasteiger partial charge is 0.356 e. The van der Waals surface area contributed by atoms with Crippen LogP contribution in [0.25, 0.3) is 6.08 Å². The smallest absolute Gasteiger partial charge is 0.216 e. The summed E-state index contributed by atoms with van der Waals surface area (Å²) in [6.07, 6.45) is 4.66. The first-order chi connectivity index (χ1) is 7.59. The maximum Gasteiger partial charge on any atom is 0.216 e. The van der Waals surface area contributed by atoms with E-state index in [0.717, 1.165) is 12.0 Å². The molecule has 0 radical (unpaired) electrons. The highest BCUT2D eigenvalue weighted by molar-refractivity contribution is 6.35. The number of hydrogen-bond donors (Lipinski definition) is 1. The van der Waals surface area contributed by atoms with Crippen molar-refractivity contribution >= 4 is 35.2 Å². The topological polar surface area (TPSA) is 29.1 Å². The number of carbonyl (C=O) groups is 1. The van der Waals surface area contributed by atoms with Crippen LogP contribution in [0.2, 0.25) is 10.0 Å². The van der Waals surface area contributed by atoms with Gasteiger partial charge in [0.1, 0.15) is 0 Å². The summed E-state index contributed by atoms with van der Waals surface area (Å²) in [6, 6.07) is 5.36. The third-order valence-corrected chi connectivity index (χ3v) is 2.51. The Morgan fingerprint density at radius 2 is 2.19 bits per heavy atom. The molecule has 0 spiro atoms. The second-order valence-electron chi connectivity index (χ2n) is 3.34. The zero-order valence-corrected chi connectivity index (χ0v) is 10.5. The number of hydrogen-bond acceptors (Lipinski definition) is 1. The Morgan fingerprint density at radius 1 is 1.44 bits per heavy atom. The first kappa shape index (κ1) is 13.1. The van der Waals surface area contributed by atoms with Crippen LogP contribution in [0.5, 0.6) is 0 Å². The van der Waals surface area contributed by atoms with Gasteiger partial charge >= 0.3 is 0 Å². The minimum Gasteiger partial charge on any atom is -0.356 e. The summed E-state index contributed by atoms with van der Waals surface area (Å²) in [6.45, 7) is 2.14. The van der Waals surface area contributed by atoms with Gasteiger partial charge in [-0.15, -0.1) is 0 Å². The molecule has 0 saturated heterocycles. The molecule has 4 heteroatoms. The lowest BCUT2D eigenvalue weighted by Crippen LogP contribution is -2.20. The van der Waals surface area contributed by atoms with Crippen molar-refractivity contribution in [2.24, 2.45) is 0 Å². The van der Waals surface area contributed by atoms with Crippen molar-refractivity contribution < 1.29 is 4.79 Å². The van der Waals surface area contributed by atoms with Crippen molar-refractivity contribution in [3.8, 4) is 0 Å². The van der Waals surface area contributed by atoms with Crippen molar-refractivity contribution in [2.75, 3.05) is 6.54 Å². The second-order valence-corrected chi connectivity index (χ2v) is 4.18. The minimum absolute atomic E-state index is 0.0158. The van der Waals surface area contributed by atoms with Crippen LogP contribution in [0.3, 0.4) is 0 Å². The zero-order chi connectivity index (χ0) is 12.0. The fraction of sp³-hybridized carbons (Fsp3) is 0.250. The Hall–Kier alpha value is -0.990. The summed E-state index contributed by atoms with van der Waals surface area (Å²) in [5, 5.41) is 3.96. The molecule has 0 aromatic heterocycles. The Bertz CT molecular complexity index is 402. The minimum atomic E-state index is -0.0158. The van der Waals surface area contributed by atoms with Crippen molar-refractivity contribution in [2.45, 2.75) is 13.3 Å². The van der Waals surface area contributed by atoms with Gasteiger partial charge in [-0.1, -0.05) is 41.4 Å². The molecule has 0 fully saturated rings. The van der Waals surface area contributed by atoms with Crippen molar-refractivity contribution in [1.82, 2.24) is 5.32 Å². The van der Waals surface area contributed by atoms with Gasteiger partial charge in [0.25, 0.3) is 0 Å². The molecule has 0 atom stereocenters. The van der Waals surface area contributed by atoms with Crippen molar-refractivity contribution in [3.05, 3.63) is 39.9 Å². The van der Waals surface area contributed by atoms with E-state index in [9.17, 15) is 4.79 Å². The van der Waals surface area contributed by atoms with Crippen LogP contribution in [0, 0.1) is 0 Å². The third kappa shape index (κ3) is 4.69. The van der Waals surface area contributed by atoms with Crippen LogP contribution in [-0.2, 0) is 4.79 Å². The van der Waals surface area contributed by atoms with E-state index >= 15 is 0 Å². The Kier molecular flexibility index (Phi) is 5.36. The summed E-state index contributed by atoms with van der Waals surface area (Å²) < 4.78 is 0. The highest BCUT2D eigenvalue weighted by Gasteiger charge is 1.96. The molecule has 2 nitrogen and oxygen atoms in total. The Morgan fingerprint density at radius 3 is 2.81 bits per heavy atom. The van der Waals surface area contributed by atoms with E-state index in [2.05, 4.69) is 5.32 Å². The van der Waals surface area contributed by atoms with E-state index in [4.69, 9.17) is 23.2 Å². The molecule has 0 saturated carbocycles.